The van der Waals surface area contributed by atoms with Gasteiger partial charge in [0.1, 0.15) is 0 Å². The van der Waals surface area contributed by atoms with Crippen LogP contribution in [-0.2, 0) is 14.6 Å². The van der Waals surface area contributed by atoms with Gasteiger partial charge in [-0.2, -0.15) is 5.26 Å². The fourth-order valence-corrected chi connectivity index (χ4v) is 2.84. The lowest BCUT2D eigenvalue weighted by atomic mass is 10.2. The highest BCUT2D eigenvalue weighted by atomic mass is 32.2. The predicted octanol–water partition coefficient (Wildman–Crippen LogP) is 0.320. The summed E-state index contributed by atoms with van der Waals surface area (Å²) >= 11 is 0. The molecule has 0 atom stereocenters. The third-order valence-corrected chi connectivity index (χ3v) is 4.48. The lowest BCUT2D eigenvalue weighted by Gasteiger charge is -2.26. The van der Waals surface area contributed by atoms with Crippen LogP contribution in [0.15, 0.2) is 29.2 Å². The molecule has 96 valence electrons. The van der Waals surface area contributed by atoms with E-state index >= 15 is 0 Å². The summed E-state index contributed by atoms with van der Waals surface area (Å²) in [6.07, 6.45) is 0. The molecule has 1 heterocycles. The number of hydrogen-bond acceptors (Lipinski definition) is 5. The Morgan fingerprint density at radius 3 is 2.83 bits per heavy atom. The Kier molecular flexibility index (Phi) is 3.97. The second kappa shape index (κ2) is 5.48. The maximum Gasteiger partial charge on any atom is 0.179 e. The van der Waals surface area contributed by atoms with Crippen LogP contribution in [0.5, 0.6) is 0 Å². The Hall–Kier alpha value is -1.42. The smallest absolute Gasteiger partial charge is 0.179 e. The maximum absolute atomic E-state index is 12.0. The zero-order chi connectivity index (χ0) is 13.0. The van der Waals surface area contributed by atoms with Crippen molar-refractivity contribution in [3.8, 4) is 6.07 Å². The van der Waals surface area contributed by atoms with Gasteiger partial charge in [-0.3, -0.25) is 0 Å². The molecule has 1 saturated heterocycles. The van der Waals surface area contributed by atoms with Crippen molar-refractivity contribution < 1.29 is 13.2 Å². The molecule has 1 aliphatic rings. The van der Waals surface area contributed by atoms with E-state index in [1.807, 2.05) is 6.07 Å². The maximum atomic E-state index is 12.0. The Morgan fingerprint density at radius 1 is 1.44 bits per heavy atom. The number of hydrogen-bond donors (Lipinski definition) is 1. The molecule has 1 aromatic carbocycles. The lowest BCUT2D eigenvalue weighted by molar-refractivity contribution is -0.00410. The SMILES string of the molecule is N#Cc1cccc(S(=O)(=O)CCNC2COC2)c1. The predicted molar refractivity (Wildman–Crippen MR) is 65.8 cm³/mol. The van der Waals surface area contributed by atoms with E-state index < -0.39 is 9.84 Å². The number of rotatable bonds is 5. The molecule has 6 heteroatoms. The summed E-state index contributed by atoms with van der Waals surface area (Å²) in [5, 5.41) is 11.8. The third-order valence-electron chi connectivity index (χ3n) is 2.76. The van der Waals surface area contributed by atoms with Crippen LogP contribution in [0.2, 0.25) is 0 Å². The van der Waals surface area contributed by atoms with Gasteiger partial charge in [0, 0.05) is 6.54 Å². The Bertz CT molecular complexity index is 559. The molecule has 1 fully saturated rings. The third kappa shape index (κ3) is 3.07. The van der Waals surface area contributed by atoms with Crippen molar-refractivity contribution in [1.29, 1.82) is 5.26 Å². The first-order chi connectivity index (χ1) is 8.62. The van der Waals surface area contributed by atoms with E-state index in [9.17, 15) is 8.42 Å². The molecule has 0 amide bonds. The second-order valence-corrected chi connectivity index (χ2v) is 6.26. The van der Waals surface area contributed by atoms with Gasteiger partial charge in [0.15, 0.2) is 9.84 Å². The zero-order valence-corrected chi connectivity index (χ0v) is 10.6. The molecule has 1 N–H and O–H groups in total. The molecule has 2 rings (SSSR count). The van der Waals surface area contributed by atoms with Gasteiger partial charge in [-0.1, -0.05) is 6.07 Å². The first-order valence-corrected chi connectivity index (χ1v) is 7.31. The van der Waals surface area contributed by atoms with Gasteiger partial charge in [-0.05, 0) is 18.2 Å². The summed E-state index contributed by atoms with van der Waals surface area (Å²) in [6.45, 7) is 1.68. The number of benzene rings is 1. The van der Waals surface area contributed by atoms with E-state index in [0.717, 1.165) is 0 Å². The molecule has 1 aliphatic heterocycles. The monoisotopic (exact) mass is 266 g/mol. The molecule has 18 heavy (non-hydrogen) atoms. The van der Waals surface area contributed by atoms with Gasteiger partial charge < -0.3 is 10.1 Å². The van der Waals surface area contributed by atoms with E-state index in [2.05, 4.69) is 5.32 Å². The van der Waals surface area contributed by atoms with Crippen LogP contribution in [0.3, 0.4) is 0 Å². The lowest BCUT2D eigenvalue weighted by Crippen LogP contribution is -2.47. The Labute approximate surface area is 106 Å². The Balaban J connectivity index is 1.98. The second-order valence-electron chi connectivity index (χ2n) is 4.15. The first-order valence-electron chi connectivity index (χ1n) is 5.66. The highest BCUT2D eigenvalue weighted by molar-refractivity contribution is 7.91. The number of nitrogens with zero attached hydrogens (tertiary/aromatic N) is 1. The van der Waals surface area contributed by atoms with Crippen LogP contribution in [0.4, 0.5) is 0 Å². The van der Waals surface area contributed by atoms with E-state index in [1.54, 1.807) is 12.1 Å². The minimum Gasteiger partial charge on any atom is -0.378 e. The van der Waals surface area contributed by atoms with Crippen molar-refractivity contribution >= 4 is 9.84 Å². The number of ether oxygens (including phenoxy) is 1. The topological polar surface area (TPSA) is 79.2 Å². The summed E-state index contributed by atoms with van der Waals surface area (Å²) in [6, 6.07) is 8.29. The molecule has 0 aliphatic carbocycles. The number of nitriles is 1. The zero-order valence-electron chi connectivity index (χ0n) is 9.80. The fraction of sp³-hybridized carbons (Fsp3) is 0.417. The van der Waals surface area contributed by atoms with Crippen molar-refractivity contribution in [2.75, 3.05) is 25.5 Å². The number of sulfone groups is 1. The van der Waals surface area contributed by atoms with Gasteiger partial charge in [0.2, 0.25) is 0 Å². The molecule has 0 unspecified atom stereocenters. The fourth-order valence-electron chi connectivity index (χ4n) is 1.63. The molecule has 1 aromatic rings. The summed E-state index contributed by atoms with van der Waals surface area (Å²) in [5.41, 5.74) is 0.358. The van der Waals surface area contributed by atoms with Crippen LogP contribution in [0.1, 0.15) is 5.56 Å². The largest absolute Gasteiger partial charge is 0.378 e. The standard InChI is InChI=1S/C12H14N2O3S/c13-7-10-2-1-3-12(6-10)18(15,16)5-4-14-11-8-17-9-11/h1-3,6,11,14H,4-5,8-9H2. The molecule has 0 radical (unpaired) electrons. The van der Waals surface area contributed by atoms with Crippen molar-refractivity contribution in [2.45, 2.75) is 10.9 Å². The molecular formula is C12H14N2O3S. The van der Waals surface area contributed by atoms with Crippen molar-refractivity contribution in [3.63, 3.8) is 0 Å². The average Bonchev–Trinajstić information content (AvgIpc) is 2.32. The van der Waals surface area contributed by atoms with Gasteiger partial charge in [0.25, 0.3) is 0 Å². The van der Waals surface area contributed by atoms with Crippen molar-refractivity contribution in [1.82, 2.24) is 5.32 Å². The summed E-state index contributed by atoms with van der Waals surface area (Å²) in [5.74, 6) is 0.0262. The minimum absolute atomic E-state index is 0.0262. The molecule has 5 nitrogen and oxygen atoms in total. The van der Waals surface area contributed by atoms with Gasteiger partial charge in [-0.15, -0.1) is 0 Å². The summed E-state index contributed by atoms with van der Waals surface area (Å²) in [7, 11) is -3.33. The van der Waals surface area contributed by atoms with Gasteiger partial charge >= 0.3 is 0 Å². The van der Waals surface area contributed by atoms with E-state index in [1.165, 1.54) is 12.1 Å². The van der Waals surface area contributed by atoms with Crippen LogP contribution in [0, 0.1) is 11.3 Å². The van der Waals surface area contributed by atoms with Crippen molar-refractivity contribution in [3.05, 3.63) is 29.8 Å². The summed E-state index contributed by atoms with van der Waals surface area (Å²) in [4.78, 5) is 0.202. The van der Waals surface area contributed by atoms with Crippen LogP contribution in [-0.4, -0.2) is 40.0 Å². The first kappa shape index (κ1) is 13.0. The van der Waals surface area contributed by atoms with Crippen LogP contribution in [0.25, 0.3) is 0 Å². The van der Waals surface area contributed by atoms with E-state index in [0.29, 0.717) is 25.3 Å². The molecule has 0 aromatic heterocycles. The molecule has 0 spiro atoms. The van der Waals surface area contributed by atoms with Crippen molar-refractivity contribution in [2.24, 2.45) is 0 Å². The number of nitrogens with one attached hydrogen (secondary N) is 1. The molecular weight excluding hydrogens is 252 g/mol. The van der Waals surface area contributed by atoms with E-state index in [4.69, 9.17) is 10.00 Å². The normalized spacial score (nSPS) is 15.9. The highest BCUT2D eigenvalue weighted by Gasteiger charge is 2.19. The summed E-state index contributed by atoms with van der Waals surface area (Å²) < 4.78 is 29.0. The average molecular weight is 266 g/mol. The van der Waals surface area contributed by atoms with Crippen LogP contribution < -0.4 is 5.32 Å². The molecule has 0 bridgehead atoms. The van der Waals surface area contributed by atoms with Crippen LogP contribution >= 0.6 is 0 Å². The van der Waals surface area contributed by atoms with Gasteiger partial charge in [0.05, 0.1) is 41.5 Å². The Morgan fingerprint density at radius 2 is 2.22 bits per heavy atom. The minimum atomic E-state index is -3.33. The van der Waals surface area contributed by atoms with E-state index in [-0.39, 0.29) is 16.7 Å². The van der Waals surface area contributed by atoms with Gasteiger partial charge in [-0.25, -0.2) is 8.42 Å². The highest BCUT2D eigenvalue weighted by Crippen LogP contribution is 2.12. The molecule has 0 saturated carbocycles. The quantitative estimate of drug-likeness (QED) is 0.830.